The predicted molar refractivity (Wildman–Crippen MR) is 66.3 cm³/mol. The molecule has 3 N–H and O–H groups in total. The predicted octanol–water partition coefficient (Wildman–Crippen LogP) is 0.317. The Balaban J connectivity index is 2.42. The van der Waals surface area contributed by atoms with Crippen molar-refractivity contribution in [2.75, 3.05) is 6.54 Å². The molecule has 17 heavy (non-hydrogen) atoms. The van der Waals surface area contributed by atoms with Gasteiger partial charge in [-0.05, 0) is 19.1 Å². The van der Waals surface area contributed by atoms with Crippen LogP contribution >= 0.6 is 11.7 Å². The Morgan fingerprint density at radius 1 is 1.47 bits per heavy atom. The highest BCUT2D eigenvalue weighted by atomic mass is 32.2. The number of rotatable bonds is 4. The quantitative estimate of drug-likeness (QED) is 0.835. The van der Waals surface area contributed by atoms with Crippen molar-refractivity contribution >= 4 is 32.8 Å². The lowest BCUT2D eigenvalue weighted by Crippen LogP contribution is -2.35. The molecule has 0 saturated heterocycles. The first kappa shape index (κ1) is 12.4. The Labute approximate surface area is 103 Å². The zero-order valence-electron chi connectivity index (χ0n) is 9.12. The summed E-state index contributed by atoms with van der Waals surface area (Å²) in [7, 11) is -3.58. The molecule has 0 fully saturated rings. The molecule has 0 amide bonds. The van der Waals surface area contributed by atoms with Crippen LogP contribution in [0.4, 0.5) is 0 Å². The second-order valence-corrected chi connectivity index (χ2v) is 5.98. The molecule has 0 bridgehead atoms. The first-order valence-corrected chi connectivity index (χ1v) is 7.18. The summed E-state index contributed by atoms with van der Waals surface area (Å²) in [6.07, 6.45) is 0. The van der Waals surface area contributed by atoms with Crippen molar-refractivity contribution in [2.45, 2.75) is 17.9 Å². The average molecular weight is 272 g/mol. The summed E-state index contributed by atoms with van der Waals surface area (Å²) in [5.74, 6) is 0. The van der Waals surface area contributed by atoms with Crippen molar-refractivity contribution in [2.24, 2.45) is 5.73 Å². The molecular weight excluding hydrogens is 260 g/mol. The highest BCUT2D eigenvalue weighted by Gasteiger charge is 2.19. The van der Waals surface area contributed by atoms with Gasteiger partial charge in [0.25, 0.3) is 0 Å². The second-order valence-electron chi connectivity index (χ2n) is 3.72. The minimum atomic E-state index is -3.58. The number of sulfonamides is 1. The molecule has 6 nitrogen and oxygen atoms in total. The van der Waals surface area contributed by atoms with Crippen molar-refractivity contribution in [1.82, 2.24) is 13.5 Å². The molecule has 1 aromatic heterocycles. The average Bonchev–Trinajstić information content (AvgIpc) is 2.74. The molecule has 0 saturated carbocycles. The number of nitrogens with one attached hydrogen (secondary N) is 1. The van der Waals surface area contributed by atoms with Crippen molar-refractivity contribution in [3.05, 3.63) is 18.2 Å². The van der Waals surface area contributed by atoms with Gasteiger partial charge in [0.1, 0.15) is 15.9 Å². The van der Waals surface area contributed by atoms with Crippen LogP contribution < -0.4 is 10.5 Å². The first-order chi connectivity index (χ1) is 8.00. The maximum atomic E-state index is 12.0. The van der Waals surface area contributed by atoms with Gasteiger partial charge in [0.15, 0.2) is 0 Å². The highest BCUT2D eigenvalue weighted by molar-refractivity contribution is 7.89. The van der Waals surface area contributed by atoms with E-state index in [-0.39, 0.29) is 17.5 Å². The number of nitrogens with two attached hydrogens (primary N) is 1. The second kappa shape index (κ2) is 4.65. The van der Waals surface area contributed by atoms with E-state index in [9.17, 15) is 8.42 Å². The molecule has 1 aromatic carbocycles. The maximum Gasteiger partial charge on any atom is 0.242 e. The van der Waals surface area contributed by atoms with Crippen molar-refractivity contribution in [3.63, 3.8) is 0 Å². The summed E-state index contributed by atoms with van der Waals surface area (Å²) in [5, 5.41) is 0. The van der Waals surface area contributed by atoms with Gasteiger partial charge in [0.2, 0.25) is 10.0 Å². The molecule has 92 valence electrons. The van der Waals surface area contributed by atoms with Crippen molar-refractivity contribution < 1.29 is 8.42 Å². The minimum absolute atomic E-state index is 0.143. The lowest BCUT2D eigenvalue weighted by atomic mass is 10.3. The Morgan fingerprint density at radius 2 is 2.24 bits per heavy atom. The molecule has 0 radical (unpaired) electrons. The van der Waals surface area contributed by atoms with Gasteiger partial charge in [-0.1, -0.05) is 6.07 Å². The minimum Gasteiger partial charge on any atom is -0.327 e. The summed E-state index contributed by atoms with van der Waals surface area (Å²) in [5.41, 5.74) is 6.50. The van der Waals surface area contributed by atoms with E-state index in [1.807, 2.05) is 0 Å². The SMILES string of the molecule is CC(N)CNS(=O)(=O)c1cccc2nsnc12. The molecule has 8 heteroatoms. The van der Waals surface area contributed by atoms with E-state index < -0.39 is 10.0 Å². The van der Waals surface area contributed by atoms with Crippen LogP contribution in [0.1, 0.15) is 6.92 Å². The van der Waals surface area contributed by atoms with E-state index in [1.165, 1.54) is 6.07 Å². The number of hydrogen-bond acceptors (Lipinski definition) is 6. The summed E-state index contributed by atoms with van der Waals surface area (Å²) in [6, 6.07) is 4.64. The largest absolute Gasteiger partial charge is 0.327 e. The number of benzene rings is 1. The van der Waals surface area contributed by atoms with Crippen LogP contribution in [0, 0.1) is 0 Å². The maximum absolute atomic E-state index is 12.0. The Morgan fingerprint density at radius 3 is 2.94 bits per heavy atom. The summed E-state index contributed by atoms with van der Waals surface area (Å²) in [4.78, 5) is 0.143. The van der Waals surface area contributed by atoms with Crippen molar-refractivity contribution in [3.8, 4) is 0 Å². The third-order valence-corrected chi connectivity index (χ3v) is 4.13. The van der Waals surface area contributed by atoms with Crippen LogP contribution in [-0.2, 0) is 10.0 Å². The Kier molecular flexibility index (Phi) is 3.38. The van der Waals surface area contributed by atoms with Gasteiger partial charge in [-0.25, -0.2) is 13.1 Å². The molecule has 2 aromatic rings. The van der Waals surface area contributed by atoms with Crippen LogP contribution in [0.15, 0.2) is 23.1 Å². The molecule has 0 aliphatic rings. The van der Waals surface area contributed by atoms with Crippen LogP contribution in [0.5, 0.6) is 0 Å². The first-order valence-electron chi connectivity index (χ1n) is 4.97. The number of aromatic nitrogens is 2. The molecular formula is C9H12N4O2S2. The van der Waals surface area contributed by atoms with E-state index in [1.54, 1.807) is 19.1 Å². The van der Waals surface area contributed by atoms with E-state index in [0.717, 1.165) is 11.7 Å². The standard InChI is InChI=1S/C9H12N4O2S2/c1-6(10)5-11-17(14,15)8-4-2-3-7-9(8)13-16-12-7/h2-4,6,11H,5,10H2,1H3. The zero-order chi connectivity index (χ0) is 12.5. The fourth-order valence-electron chi connectivity index (χ4n) is 1.32. The molecule has 1 unspecified atom stereocenters. The molecule has 1 heterocycles. The third kappa shape index (κ3) is 2.60. The van der Waals surface area contributed by atoms with E-state index in [2.05, 4.69) is 13.5 Å². The smallest absolute Gasteiger partial charge is 0.242 e. The van der Waals surface area contributed by atoms with Crippen LogP contribution in [0.25, 0.3) is 11.0 Å². The Bertz CT molecular complexity index is 621. The zero-order valence-corrected chi connectivity index (χ0v) is 10.8. The number of nitrogens with zero attached hydrogens (tertiary/aromatic N) is 2. The van der Waals surface area contributed by atoms with Gasteiger partial charge in [-0.15, -0.1) is 0 Å². The van der Waals surface area contributed by atoms with Gasteiger partial charge in [0, 0.05) is 12.6 Å². The van der Waals surface area contributed by atoms with Crippen LogP contribution in [-0.4, -0.2) is 29.8 Å². The molecule has 0 aliphatic carbocycles. The van der Waals surface area contributed by atoms with Gasteiger partial charge in [0.05, 0.1) is 11.7 Å². The molecule has 0 spiro atoms. The van der Waals surface area contributed by atoms with Gasteiger partial charge < -0.3 is 5.73 Å². The number of fused-ring (bicyclic) bond motifs is 1. The van der Waals surface area contributed by atoms with E-state index in [4.69, 9.17) is 5.73 Å². The summed E-state index contributed by atoms with van der Waals surface area (Å²) < 4.78 is 34.5. The Hall–Kier alpha value is -1.09. The monoisotopic (exact) mass is 272 g/mol. The molecule has 0 aliphatic heterocycles. The van der Waals surface area contributed by atoms with E-state index in [0.29, 0.717) is 11.0 Å². The fraction of sp³-hybridized carbons (Fsp3) is 0.333. The van der Waals surface area contributed by atoms with Crippen LogP contribution in [0.3, 0.4) is 0 Å². The highest BCUT2D eigenvalue weighted by Crippen LogP contribution is 2.20. The normalized spacial score (nSPS) is 14.0. The van der Waals surface area contributed by atoms with E-state index >= 15 is 0 Å². The summed E-state index contributed by atoms with van der Waals surface area (Å²) in [6.45, 7) is 1.92. The van der Waals surface area contributed by atoms with Crippen LogP contribution in [0.2, 0.25) is 0 Å². The van der Waals surface area contributed by atoms with Gasteiger partial charge in [-0.2, -0.15) is 8.75 Å². The summed E-state index contributed by atoms with van der Waals surface area (Å²) >= 11 is 0.991. The lowest BCUT2D eigenvalue weighted by Gasteiger charge is -2.08. The lowest BCUT2D eigenvalue weighted by molar-refractivity contribution is 0.574. The molecule has 2 rings (SSSR count). The third-order valence-electron chi connectivity index (χ3n) is 2.13. The topological polar surface area (TPSA) is 98.0 Å². The number of hydrogen-bond donors (Lipinski definition) is 2. The molecule has 1 atom stereocenters. The van der Waals surface area contributed by atoms with Gasteiger partial charge in [-0.3, -0.25) is 0 Å². The fourth-order valence-corrected chi connectivity index (χ4v) is 3.22. The van der Waals surface area contributed by atoms with Gasteiger partial charge >= 0.3 is 0 Å². The van der Waals surface area contributed by atoms with Crippen molar-refractivity contribution in [1.29, 1.82) is 0 Å².